The predicted molar refractivity (Wildman–Crippen MR) is 60.3 cm³/mol. The van der Waals surface area contributed by atoms with Crippen LogP contribution in [0.5, 0.6) is 0 Å². The van der Waals surface area contributed by atoms with Crippen molar-refractivity contribution in [2.75, 3.05) is 7.11 Å². The maximum Gasteiger partial charge on any atom is 0.0878 e. The van der Waals surface area contributed by atoms with E-state index in [1.807, 2.05) is 6.92 Å². The molecular formula is C12H24O2. The van der Waals surface area contributed by atoms with Crippen LogP contribution in [0.4, 0.5) is 0 Å². The summed E-state index contributed by atoms with van der Waals surface area (Å²) in [5.41, 5.74) is 1.08. The summed E-state index contributed by atoms with van der Waals surface area (Å²) in [6.07, 6.45) is 1.07. The molecule has 0 aliphatic carbocycles. The lowest BCUT2D eigenvalue weighted by molar-refractivity contribution is -0.0729. The summed E-state index contributed by atoms with van der Waals surface area (Å²) < 4.78 is 5.33. The number of hydrogen-bond acceptors (Lipinski definition) is 2. The van der Waals surface area contributed by atoms with E-state index < -0.39 is 6.10 Å². The highest BCUT2D eigenvalue weighted by atomic mass is 16.5. The van der Waals surface area contributed by atoms with Crippen molar-refractivity contribution < 1.29 is 9.84 Å². The fraction of sp³-hybridized carbons (Fsp3) is 0.833. The second-order valence-electron chi connectivity index (χ2n) is 5.09. The van der Waals surface area contributed by atoms with Crippen LogP contribution >= 0.6 is 0 Å². The topological polar surface area (TPSA) is 29.5 Å². The Morgan fingerprint density at radius 3 is 2.21 bits per heavy atom. The predicted octanol–water partition coefficient (Wildman–Crippen LogP) is 2.76. The second kappa shape index (κ2) is 5.52. The Balaban J connectivity index is 4.18. The molecule has 0 aliphatic heterocycles. The van der Waals surface area contributed by atoms with Gasteiger partial charge in [-0.3, -0.25) is 0 Å². The lowest BCUT2D eigenvalue weighted by atomic mass is 9.84. The molecule has 0 radical (unpaired) electrons. The number of ether oxygens (including phenoxy) is 1. The Morgan fingerprint density at radius 2 is 1.93 bits per heavy atom. The molecule has 2 nitrogen and oxygen atoms in total. The maximum absolute atomic E-state index is 9.93. The van der Waals surface area contributed by atoms with Crippen molar-refractivity contribution in [1.29, 1.82) is 0 Å². The van der Waals surface area contributed by atoms with E-state index in [1.165, 1.54) is 0 Å². The molecule has 0 fully saturated rings. The van der Waals surface area contributed by atoms with E-state index >= 15 is 0 Å². The fourth-order valence-electron chi connectivity index (χ4n) is 1.63. The van der Waals surface area contributed by atoms with Crippen LogP contribution in [-0.4, -0.2) is 24.4 Å². The molecule has 0 saturated carbocycles. The summed E-state index contributed by atoms with van der Waals surface area (Å²) >= 11 is 0. The van der Waals surface area contributed by atoms with Gasteiger partial charge in [-0.25, -0.2) is 0 Å². The van der Waals surface area contributed by atoms with Crippen molar-refractivity contribution in [3.8, 4) is 0 Å². The molecule has 0 bridgehead atoms. The monoisotopic (exact) mass is 200 g/mol. The molecule has 0 amide bonds. The van der Waals surface area contributed by atoms with Gasteiger partial charge in [-0.05, 0) is 25.2 Å². The summed E-state index contributed by atoms with van der Waals surface area (Å²) in [5.74, 6) is 0. The molecule has 2 heteroatoms. The summed E-state index contributed by atoms with van der Waals surface area (Å²) in [7, 11) is 1.65. The molecular weight excluding hydrogens is 176 g/mol. The molecule has 0 aromatic carbocycles. The van der Waals surface area contributed by atoms with Gasteiger partial charge >= 0.3 is 0 Å². The van der Waals surface area contributed by atoms with Crippen LogP contribution in [0.3, 0.4) is 0 Å². The van der Waals surface area contributed by atoms with Gasteiger partial charge in [0.1, 0.15) is 0 Å². The van der Waals surface area contributed by atoms with Crippen molar-refractivity contribution >= 4 is 0 Å². The van der Waals surface area contributed by atoms with Crippen LogP contribution < -0.4 is 0 Å². The van der Waals surface area contributed by atoms with Crippen molar-refractivity contribution in [3.63, 3.8) is 0 Å². The average molecular weight is 200 g/mol. The first kappa shape index (κ1) is 13.7. The zero-order valence-corrected chi connectivity index (χ0v) is 10.1. The molecule has 0 rings (SSSR count). The first-order valence-electron chi connectivity index (χ1n) is 5.14. The maximum atomic E-state index is 9.93. The van der Waals surface area contributed by atoms with Crippen molar-refractivity contribution in [1.82, 2.24) is 0 Å². The lowest BCUT2D eigenvalue weighted by Gasteiger charge is -2.33. The van der Waals surface area contributed by atoms with Gasteiger partial charge < -0.3 is 9.84 Å². The summed E-state index contributed by atoms with van der Waals surface area (Å²) in [4.78, 5) is 0. The lowest BCUT2D eigenvalue weighted by Crippen LogP contribution is -2.39. The highest BCUT2D eigenvalue weighted by molar-refractivity contribution is 4.90. The Labute approximate surface area is 88.0 Å². The van der Waals surface area contributed by atoms with E-state index in [9.17, 15) is 5.11 Å². The number of methoxy groups -OCH3 is 1. The molecule has 84 valence electrons. The molecule has 0 aromatic heterocycles. The van der Waals surface area contributed by atoms with Crippen LogP contribution in [-0.2, 0) is 4.74 Å². The van der Waals surface area contributed by atoms with Gasteiger partial charge in [0.25, 0.3) is 0 Å². The average Bonchev–Trinajstić information content (AvgIpc) is 1.99. The van der Waals surface area contributed by atoms with Crippen LogP contribution in [0, 0.1) is 5.41 Å². The summed E-state index contributed by atoms with van der Waals surface area (Å²) in [6, 6.07) is 0. The first-order valence-corrected chi connectivity index (χ1v) is 5.14. The highest BCUT2D eigenvalue weighted by Crippen LogP contribution is 2.26. The smallest absolute Gasteiger partial charge is 0.0878 e. The normalized spacial score (nSPS) is 16.4. The van der Waals surface area contributed by atoms with Gasteiger partial charge in [0.15, 0.2) is 0 Å². The van der Waals surface area contributed by atoms with E-state index in [2.05, 4.69) is 27.4 Å². The molecule has 2 atom stereocenters. The minimum atomic E-state index is -0.406. The minimum absolute atomic E-state index is 0.0246. The molecule has 2 unspecified atom stereocenters. The molecule has 1 N–H and O–H groups in total. The third-order valence-electron chi connectivity index (χ3n) is 2.32. The molecule has 14 heavy (non-hydrogen) atoms. The minimum Gasteiger partial charge on any atom is -0.390 e. The fourth-order valence-corrected chi connectivity index (χ4v) is 1.63. The van der Waals surface area contributed by atoms with Crippen molar-refractivity contribution in [3.05, 3.63) is 12.2 Å². The Morgan fingerprint density at radius 1 is 1.43 bits per heavy atom. The number of aliphatic hydroxyl groups is 1. The Hall–Kier alpha value is -0.340. The molecule has 0 aliphatic rings. The van der Waals surface area contributed by atoms with E-state index in [1.54, 1.807) is 7.11 Å². The second-order valence-corrected chi connectivity index (χ2v) is 5.09. The number of hydrogen-bond donors (Lipinski definition) is 1. The van der Waals surface area contributed by atoms with Gasteiger partial charge in [0, 0.05) is 7.11 Å². The number of rotatable bonds is 5. The zero-order valence-electron chi connectivity index (χ0n) is 10.1. The molecule has 0 saturated heterocycles. The van der Waals surface area contributed by atoms with Crippen molar-refractivity contribution in [2.24, 2.45) is 5.41 Å². The van der Waals surface area contributed by atoms with Gasteiger partial charge in [-0.15, -0.1) is 6.58 Å². The number of allylic oxidation sites excluding steroid dienone is 1. The molecule has 0 spiro atoms. The molecule has 0 heterocycles. The Kier molecular flexibility index (Phi) is 5.38. The van der Waals surface area contributed by atoms with Crippen LogP contribution in [0.25, 0.3) is 0 Å². The zero-order chi connectivity index (χ0) is 11.4. The van der Waals surface area contributed by atoms with Crippen LogP contribution in [0.2, 0.25) is 0 Å². The Bertz CT molecular complexity index is 179. The van der Waals surface area contributed by atoms with Crippen LogP contribution in [0.15, 0.2) is 12.2 Å². The standard InChI is InChI=1S/C12H24O2/c1-9(2)7-8-10(13)11(14-6)12(3,4)5/h10-11,13H,1,7-8H2,2-6H3. The largest absolute Gasteiger partial charge is 0.390 e. The van der Waals surface area contributed by atoms with E-state index in [0.717, 1.165) is 18.4 Å². The summed E-state index contributed by atoms with van der Waals surface area (Å²) in [6.45, 7) is 12.0. The van der Waals surface area contributed by atoms with Gasteiger partial charge in [-0.1, -0.05) is 26.3 Å². The SMILES string of the molecule is C=C(C)CCC(O)C(OC)C(C)(C)C. The molecule has 0 aromatic rings. The highest BCUT2D eigenvalue weighted by Gasteiger charge is 2.30. The third kappa shape index (κ3) is 4.77. The van der Waals surface area contributed by atoms with E-state index in [-0.39, 0.29) is 11.5 Å². The summed E-state index contributed by atoms with van der Waals surface area (Å²) in [5, 5.41) is 9.93. The quantitative estimate of drug-likeness (QED) is 0.691. The van der Waals surface area contributed by atoms with E-state index in [4.69, 9.17) is 4.74 Å². The first-order chi connectivity index (χ1) is 6.29. The third-order valence-corrected chi connectivity index (χ3v) is 2.32. The van der Waals surface area contributed by atoms with Crippen LogP contribution in [0.1, 0.15) is 40.5 Å². The van der Waals surface area contributed by atoms with E-state index in [0.29, 0.717) is 0 Å². The van der Waals surface area contributed by atoms with Crippen molar-refractivity contribution in [2.45, 2.75) is 52.7 Å². The number of aliphatic hydroxyl groups excluding tert-OH is 1. The van der Waals surface area contributed by atoms with Gasteiger partial charge in [0.05, 0.1) is 12.2 Å². The van der Waals surface area contributed by atoms with Gasteiger partial charge in [-0.2, -0.15) is 0 Å². The van der Waals surface area contributed by atoms with Gasteiger partial charge in [0.2, 0.25) is 0 Å².